The second kappa shape index (κ2) is 4.91. The van der Waals surface area contributed by atoms with Crippen LogP contribution in [0.25, 0.3) is 10.9 Å². The van der Waals surface area contributed by atoms with Crippen LogP contribution in [0.4, 0.5) is 0 Å². The molecule has 0 unspecified atom stereocenters. The Labute approximate surface area is 111 Å². The number of carbonyl (C=O) groups excluding carboxylic acids is 1. The summed E-state index contributed by atoms with van der Waals surface area (Å²) in [5, 5.41) is 7.76. The van der Waals surface area contributed by atoms with Gasteiger partial charge in [0.15, 0.2) is 0 Å². The Kier molecular flexibility index (Phi) is 3.11. The largest absolute Gasteiger partial charge is 0.465 e. The number of methoxy groups -OCH3 is 1. The van der Waals surface area contributed by atoms with Crippen molar-refractivity contribution in [2.24, 2.45) is 0 Å². The standard InChI is InChI=1S/C14H17N3O2/c1-19-14(18)11-5-6-13-12(9-11)10-17(15-13)16-7-3-2-4-8-16/h5-6,9-10H,2-4,7-8H2,1H3. The Hall–Kier alpha value is -2.04. The van der Waals surface area contributed by atoms with Crippen LogP contribution in [-0.4, -0.2) is 36.1 Å². The number of benzene rings is 1. The van der Waals surface area contributed by atoms with Crippen molar-refractivity contribution in [3.05, 3.63) is 30.0 Å². The lowest BCUT2D eigenvalue weighted by atomic mass is 10.1. The van der Waals surface area contributed by atoms with Gasteiger partial charge in [0.05, 0.1) is 24.4 Å². The zero-order chi connectivity index (χ0) is 13.2. The Bertz CT molecular complexity index is 600. The van der Waals surface area contributed by atoms with E-state index in [0.29, 0.717) is 5.56 Å². The van der Waals surface area contributed by atoms with Gasteiger partial charge >= 0.3 is 5.97 Å². The maximum atomic E-state index is 11.5. The molecule has 1 aromatic heterocycles. The average Bonchev–Trinajstić information content (AvgIpc) is 2.90. The number of ether oxygens (including phenoxy) is 1. The van der Waals surface area contributed by atoms with Gasteiger partial charge in [-0.05, 0) is 37.5 Å². The first-order chi connectivity index (χ1) is 9.28. The van der Waals surface area contributed by atoms with Crippen molar-refractivity contribution in [2.75, 3.05) is 25.2 Å². The Morgan fingerprint density at radius 2 is 2.05 bits per heavy atom. The minimum atomic E-state index is -0.312. The first-order valence-corrected chi connectivity index (χ1v) is 6.61. The number of esters is 1. The van der Waals surface area contributed by atoms with Gasteiger partial charge in [0.2, 0.25) is 0 Å². The molecule has 1 aliphatic heterocycles. The summed E-state index contributed by atoms with van der Waals surface area (Å²) in [6, 6.07) is 5.44. The molecule has 0 bridgehead atoms. The van der Waals surface area contributed by atoms with Crippen molar-refractivity contribution < 1.29 is 9.53 Å². The number of aromatic nitrogens is 2. The Morgan fingerprint density at radius 3 is 2.79 bits per heavy atom. The summed E-state index contributed by atoms with van der Waals surface area (Å²) < 4.78 is 4.73. The molecule has 2 aromatic rings. The third kappa shape index (κ3) is 2.28. The third-order valence-corrected chi connectivity index (χ3v) is 3.54. The van der Waals surface area contributed by atoms with Crippen molar-refractivity contribution in [3.8, 4) is 0 Å². The molecule has 5 heteroatoms. The van der Waals surface area contributed by atoms with Gasteiger partial charge in [-0.3, -0.25) is 5.01 Å². The predicted octanol–water partition coefficient (Wildman–Crippen LogP) is 1.94. The maximum absolute atomic E-state index is 11.5. The molecule has 0 amide bonds. The van der Waals surface area contributed by atoms with E-state index in [2.05, 4.69) is 10.1 Å². The SMILES string of the molecule is COC(=O)c1ccc2nn(N3CCCCC3)cc2c1. The number of nitrogens with zero attached hydrogens (tertiary/aromatic N) is 3. The van der Waals surface area contributed by atoms with Crippen LogP contribution in [0.3, 0.4) is 0 Å². The van der Waals surface area contributed by atoms with Gasteiger partial charge in [-0.15, -0.1) is 0 Å². The Balaban J connectivity index is 1.93. The third-order valence-electron chi connectivity index (χ3n) is 3.54. The number of carbonyl (C=O) groups is 1. The molecule has 0 aliphatic carbocycles. The van der Waals surface area contributed by atoms with E-state index >= 15 is 0 Å². The molecule has 0 N–H and O–H groups in total. The van der Waals surface area contributed by atoms with E-state index < -0.39 is 0 Å². The fourth-order valence-electron chi connectivity index (χ4n) is 2.48. The highest BCUT2D eigenvalue weighted by atomic mass is 16.5. The van der Waals surface area contributed by atoms with Gasteiger partial charge in [-0.25, -0.2) is 4.79 Å². The second-order valence-electron chi connectivity index (χ2n) is 4.83. The van der Waals surface area contributed by atoms with Crippen molar-refractivity contribution in [1.29, 1.82) is 0 Å². The molecule has 0 spiro atoms. The summed E-state index contributed by atoms with van der Waals surface area (Å²) in [6.07, 6.45) is 5.70. The minimum absolute atomic E-state index is 0.312. The van der Waals surface area contributed by atoms with Crippen molar-refractivity contribution in [1.82, 2.24) is 9.89 Å². The number of fused-ring (bicyclic) bond motifs is 1. The summed E-state index contributed by atoms with van der Waals surface area (Å²) in [6.45, 7) is 2.08. The fourth-order valence-corrected chi connectivity index (χ4v) is 2.48. The molecule has 0 saturated carbocycles. The lowest BCUT2D eigenvalue weighted by molar-refractivity contribution is 0.0601. The van der Waals surface area contributed by atoms with Gasteiger partial charge in [0, 0.05) is 18.5 Å². The highest BCUT2D eigenvalue weighted by Crippen LogP contribution is 2.17. The van der Waals surface area contributed by atoms with Gasteiger partial charge in [0.25, 0.3) is 0 Å². The van der Waals surface area contributed by atoms with Crippen LogP contribution in [-0.2, 0) is 4.74 Å². The van der Waals surface area contributed by atoms with Gasteiger partial charge in [0.1, 0.15) is 0 Å². The molecule has 1 aliphatic rings. The molecule has 1 aromatic carbocycles. The quantitative estimate of drug-likeness (QED) is 0.773. The zero-order valence-corrected chi connectivity index (χ0v) is 11.0. The van der Waals surface area contributed by atoms with E-state index in [9.17, 15) is 4.79 Å². The van der Waals surface area contributed by atoms with E-state index in [1.807, 2.05) is 23.1 Å². The maximum Gasteiger partial charge on any atom is 0.337 e. The normalized spacial score (nSPS) is 15.7. The minimum Gasteiger partial charge on any atom is -0.465 e. The predicted molar refractivity (Wildman–Crippen MR) is 72.9 cm³/mol. The molecular weight excluding hydrogens is 242 g/mol. The van der Waals surface area contributed by atoms with E-state index in [4.69, 9.17) is 4.74 Å². The van der Waals surface area contributed by atoms with Gasteiger partial charge in [-0.1, -0.05) is 0 Å². The second-order valence-corrected chi connectivity index (χ2v) is 4.83. The smallest absolute Gasteiger partial charge is 0.337 e. The van der Waals surface area contributed by atoms with E-state index in [-0.39, 0.29) is 5.97 Å². The molecule has 1 fully saturated rings. The molecule has 100 valence electrons. The van der Waals surface area contributed by atoms with Crippen LogP contribution in [0.15, 0.2) is 24.4 Å². The monoisotopic (exact) mass is 259 g/mol. The van der Waals surface area contributed by atoms with Crippen LogP contribution in [0.2, 0.25) is 0 Å². The summed E-state index contributed by atoms with van der Waals surface area (Å²) >= 11 is 0. The van der Waals surface area contributed by atoms with Crippen LogP contribution < -0.4 is 5.01 Å². The average molecular weight is 259 g/mol. The van der Waals surface area contributed by atoms with Crippen molar-refractivity contribution in [3.63, 3.8) is 0 Å². The van der Waals surface area contributed by atoms with Crippen molar-refractivity contribution >= 4 is 16.9 Å². The fraction of sp³-hybridized carbons (Fsp3) is 0.429. The topological polar surface area (TPSA) is 47.4 Å². The number of hydrogen-bond acceptors (Lipinski definition) is 4. The summed E-state index contributed by atoms with van der Waals surface area (Å²) in [5.74, 6) is -0.312. The molecule has 3 rings (SSSR count). The lowest BCUT2D eigenvalue weighted by Crippen LogP contribution is -2.39. The molecule has 2 heterocycles. The van der Waals surface area contributed by atoms with E-state index in [0.717, 1.165) is 24.0 Å². The summed E-state index contributed by atoms with van der Waals surface area (Å²) in [7, 11) is 1.39. The Morgan fingerprint density at radius 1 is 1.26 bits per heavy atom. The number of piperidine rings is 1. The first-order valence-electron chi connectivity index (χ1n) is 6.61. The van der Waals surface area contributed by atoms with Gasteiger partial charge in [-0.2, -0.15) is 9.89 Å². The molecule has 5 nitrogen and oxygen atoms in total. The number of rotatable bonds is 2. The van der Waals surface area contributed by atoms with E-state index in [1.165, 1.54) is 26.4 Å². The lowest BCUT2D eigenvalue weighted by Gasteiger charge is -2.27. The molecule has 0 atom stereocenters. The first kappa shape index (κ1) is 12.0. The highest BCUT2D eigenvalue weighted by Gasteiger charge is 2.13. The molecular formula is C14H17N3O2. The summed E-state index contributed by atoms with van der Waals surface area (Å²) in [4.78, 5) is 13.4. The van der Waals surface area contributed by atoms with Crippen LogP contribution >= 0.6 is 0 Å². The number of hydrogen-bond donors (Lipinski definition) is 0. The molecule has 0 radical (unpaired) electrons. The van der Waals surface area contributed by atoms with Crippen molar-refractivity contribution in [2.45, 2.75) is 19.3 Å². The molecule has 1 saturated heterocycles. The van der Waals surface area contributed by atoms with E-state index in [1.54, 1.807) is 6.07 Å². The van der Waals surface area contributed by atoms with Gasteiger partial charge < -0.3 is 4.74 Å². The van der Waals surface area contributed by atoms with Crippen LogP contribution in [0, 0.1) is 0 Å². The molecule has 19 heavy (non-hydrogen) atoms. The summed E-state index contributed by atoms with van der Waals surface area (Å²) in [5.41, 5.74) is 1.46. The van der Waals surface area contributed by atoms with Crippen LogP contribution in [0.5, 0.6) is 0 Å². The zero-order valence-electron chi connectivity index (χ0n) is 11.0. The van der Waals surface area contributed by atoms with Crippen LogP contribution in [0.1, 0.15) is 29.6 Å². The highest BCUT2D eigenvalue weighted by molar-refractivity contribution is 5.94.